The molecule has 246 valence electrons. The van der Waals surface area contributed by atoms with Crippen LogP contribution in [0.5, 0.6) is 11.5 Å². The first kappa shape index (κ1) is 35.7. The zero-order valence-electron chi connectivity index (χ0n) is 29.2. The molecule has 4 heteroatoms. The largest absolute Gasteiger partial charge is 0.496 e. The Morgan fingerprint density at radius 1 is 0.729 bits per heavy atom. The second kappa shape index (κ2) is 17.7. The Hall–Kier alpha value is -5.14. The van der Waals surface area contributed by atoms with Gasteiger partial charge in [0, 0.05) is 11.1 Å². The average Bonchev–Trinajstić information content (AvgIpc) is 3.12. The summed E-state index contributed by atoms with van der Waals surface area (Å²) in [5, 5.41) is 0. The van der Waals surface area contributed by atoms with Gasteiger partial charge in [-0.3, -0.25) is 4.79 Å². The molecule has 1 atom stereocenters. The van der Waals surface area contributed by atoms with Crippen LogP contribution in [0.25, 0.3) is 27.1 Å². The number of ketones is 1. The van der Waals surface area contributed by atoms with Crippen molar-refractivity contribution in [2.45, 2.75) is 60.3 Å². The Morgan fingerprint density at radius 2 is 1.33 bits per heavy atom. The number of rotatable bonds is 12. The van der Waals surface area contributed by atoms with Crippen LogP contribution in [-0.4, -0.2) is 19.5 Å². The first-order valence-electron chi connectivity index (χ1n) is 16.8. The van der Waals surface area contributed by atoms with E-state index in [2.05, 4.69) is 62.0 Å². The second-order valence-electron chi connectivity index (χ2n) is 12.3. The summed E-state index contributed by atoms with van der Waals surface area (Å²) in [6.45, 7) is 18.4. The topological polar surface area (TPSA) is 39.9 Å². The normalized spacial score (nSPS) is 11.1. The van der Waals surface area contributed by atoms with Gasteiger partial charge in [0.1, 0.15) is 11.5 Å². The van der Waals surface area contributed by atoms with Gasteiger partial charge in [-0.2, -0.15) is 0 Å². The van der Waals surface area contributed by atoms with Crippen molar-refractivity contribution in [1.29, 1.82) is 0 Å². The summed E-state index contributed by atoms with van der Waals surface area (Å²) < 4.78 is 11.3. The van der Waals surface area contributed by atoms with E-state index in [0.29, 0.717) is 17.2 Å². The minimum atomic E-state index is 0.0518. The zero-order chi connectivity index (χ0) is 34.5. The quantitative estimate of drug-likeness (QED) is 0.101. The van der Waals surface area contributed by atoms with Crippen molar-refractivity contribution >= 4 is 11.5 Å². The highest BCUT2D eigenvalue weighted by molar-refractivity contribution is 6.09. The standard InChI is InChI=1S/C22H19NO.C22H28O2/c1-15-5-6-19(14-22(15)24-4)18-9-12-21(16(2)13-18)17-7-10-20(23-3)11-8-17;1-4-6-7-18(5-2)16-24-21-14-12-20(13-15-21)22(23)19-10-8-17(3)9-11-19/h5-14H,1-2,4H3;8-15,18H,4-7,16H2,1-3H3. The molecular formula is C44H47NO3. The molecule has 0 aromatic heterocycles. The number of hydrogen-bond donors (Lipinski definition) is 0. The lowest BCUT2D eigenvalue weighted by Gasteiger charge is -2.15. The van der Waals surface area contributed by atoms with E-state index in [4.69, 9.17) is 16.0 Å². The molecule has 0 aliphatic carbocycles. The fraction of sp³-hybridized carbons (Fsp3) is 0.273. The predicted octanol–water partition coefficient (Wildman–Crippen LogP) is 12.0. The fourth-order valence-electron chi connectivity index (χ4n) is 5.57. The van der Waals surface area contributed by atoms with Crippen LogP contribution in [0.1, 0.15) is 72.1 Å². The van der Waals surface area contributed by atoms with Crippen LogP contribution in [0.2, 0.25) is 0 Å². The number of ether oxygens (including phenoxy) is 2. The first-order valence-corrected chi connectivity index (χ1v) is 16.8. The van der Waals surface area contributed by atoms with Crippen molar-refractivity contribution in [1.82, 2.24) is 0 Å². The fourth-order valence-corrected chi connectivity index (χ4v) is 5.57. The molecule has 0 aliphatic heterocycles. The molecule has 0 spiro atoms. The molecule has 0 fully saturated rings. The number of methoxy groups -OCH3 is 1. The van der Waals surface area contributed by atoms with Gasteiger partial charge >= 0.3 is 0 Å². The van der Waals surface area contributed by atoms with Gasteiger partial charge < -0.3 is 9.47 Å². The maximum atomic E-state index is 12.5. The van der Waals surface area contributed by atoms with E-state index in [1.165, 1.54) is 36.0 Å². The van der Waals surface area contributed by atoms with Gasteiger partial charge in [-0.15, -0.1) is 0 Å². The van der Waals surface area contributed by atoms with Gasteiger partial charge in [0.2, 0.25) is 0 Å². The van der Waals surface area contributed by atoms with Crippen LogP contribution in [0.4, 0.5) is 5.69 Å². The van der Waals surface area contributed by atoms with Crippen molar-refractivity contribution in [3.8, 4) is 33.8 Å². The van der Waals surface area contributed by atoms with Crippen molar-refractivity contribution in [2.75, 3.05) is 13.7 Å². The van der Waals surface area contributed by atoms with Crippen LogP contribution >= 0.6 is 0 Å². The van der Waals surface area contributed by atoms with Gasteiger partial charge in [-0.05, 0) is 96.8 Å². The summed E-state index contributed by atoms with van der Waals surface area (Å²) in [7, 11) is 1.70. The van der Waals surface area contributed by atoms with Crippen LogP contribution in [0, 0.1) is 33.3 Å². The molecule has 0 amide bonds. The second-order valence-corrected chi connectivity index (χ2v) is 12.3. The van der Waals surface area contributed by atoms with E-state index in [9.17, 15) is 4.79 Å². The summed E-state index contributed by atoms with van der Waals surface area (Å²) in [6.07, 6.45) is 4.85. The molecule has 5 aromatic carbocycles. The molecule has 0 saturated heterocycles. The molecule has 0 aliphatic rings. The highest BCUT2D eigenvalue weighted by atomic mass is 16.5. The molecule has 0 saturated carbocycles. The molecule has 1 unspecified atom stereocenters. The summed E-state index contributed by atoms with van der Waals surface area (Å²) in [6, 6.07) is 35.7. The molecule has 0 heterocycles. The van der Waals surface area contributed by atoms with E-state index in [0.717, 1.165) is 52.3 Å². The highest BCUT2D eigenvalue weighted by Crippen LogP contribution is 2.32. The van der Waals surface area contributed by atoms with E-state index >= 15 is 0 Å². The van der Waals surface area contributed by atoms with Crippen LogP contribution < -0.4 is 9.47 Å². The Morgan fingerprint density at radius 3 is 1.92 bits per heavy atom. The molecule has 0 radical (unpaired) electrons. The number of hydrogen-bond acceptors (Lipinski definition) is 3. The third kappa shape index (κ3) is 9.69. The minimum absolute atomic E-state index is 0.0518. The molecule has 0 N–H and O–H groups in total. The van der Waals surface area contributed by atoms with E-state index in [-0.39, 0.29) is 5.78 Å². The van der Waals surface area contributed by atoms with Crippen molar-refractivity contribution in [3.63, 3.8) is 0 Å². The van der Waals surface area contributed by atoms with Crippen LogP contribution in [0.15, 0.2) is 109 Å². The lowest BCUT2D eigenvalue weighted by Crippen LogP contribution is -2.11. The lowest BCUT2D eigenvalue weighted by molar-refractivity contribution is 0.103. The Labute approximate surface area is 287 Å². The maximum Gasteiger partial charge on any atom is 0.193 e. The monoisotopic (exact) mass is 637 g/mol. The van der Waals surface area contributed by atoms with E-state index < -0.39 is 0 Å². The SMILES string of the molecule is CCCCC(CC)COc1ccc(C(=O)c2ccc(C)cc2)cc1.[C-]#[N+]c1ccc(-c2ccc(-c3ccc(C)c(OC)c3)cc2C)cc1. The predicted molar refractivity (Wildman–Crippen MR) is 199 cm³/mol. The highest BCUT2D eigenvalue weighted by Gasteiger charge is 2.11. The Bertz CT molecular complexity index is 1810. The molecule has 0 bridgehead atoms. The van der Waals surface area contributed by atoms with Gasteiger partial charge in [-0.1, -0.05) is 118 Å². The van der Waals surface area contributed by atoms with Crippen molar-refractivity contribution in [2.24, 2.45) is 5.92 Å². The van der Waals surface area contributed by atoms with Crippen LogP contribution in [0.3, 0.4) is 0 Å². The number of aryl methyl sites for hydroxylation is 3. The van der Waals surface area contributed by atoms with Crippen LogP contribution in [-0.2, 0) is 0 Å². The first-order chi connectivity index (χ1) is 23.3. The van der Waals surface area contributed by atoms with Crippen molar-refractivity contribution < 1.29 is 14.3 Å². The number of carbonyl (C=O) groups is 1. The third-order valence-corrected chi connectivity index (χ3v) is 8.73. The zero-order valence-corrected chi connectivity index (χ0v) is 29.2. The lowest BCUT2D eigenvalue weighted by atomic mass is 9.95. The van der Waals surface area contributed by atoms with Gasteiger partial charge in [0.05, 0.1) is 20.3 Å². The molecular weight excluding hydrogens is 590 g/mol. The Balaban J connectivity index is 0.000000217. The number of unbranched alkanes of at least 4 members (excludes halogenated alkanes) is 1. The maximum absolute atomic E-state index is 12.5. The molecule has 5 aromatic rings. The van der Waals surface area contributed by atoms with Gasteiger partial charge in [-0.25, -0.2) is 4.85 Å². The molecule has 48 heavy (non-hydrogen) atoms. The third-order valence-electron chi connectivity index (χ3n) is 8.73. The summed E-state index contributed by atoms with van der Waals surface area (Å²) in [4.78, 5) is 15.9. The van der Waals surface area contributed by atoms with Crippen molar-refractivity contribution in [3.05, 3.63) is 148 Å². The smallest absolute Gasteiger partial charge is 0.193 e. The summed E-state index contributed by atoms with van der Waals surface area (Å²) >= 11 is 0. The van der Waals surface area contributed by atoms with E-state index in [1.807, 2.05) is 86.6 Å². The van der Waals surface area contributed by atoms with Gasteiger partial charge in [0.15, 0.2) is 11.5 Å². The average molecular weight is 638 g/mol. The minimum Gasteiger partial charge on any atom is -0.496 e. The van der Waals surface area contributed by atoms with E-state index in [1.54, 1.807) is 7.11 Å². The molecule has 4 nitrogen and oxygen atoms in total. The van der Waals surface area contributed by atoms with Gasteiger partial charge in [0.25, 0.3) is 0 Å². The number of nitrogens with zero attached hydrogens (tertiary/aromatic N) is 1. The summed E-state index contributed by atoms with van der Waals surface area (Å²) in [5.74, 6) is 2.41. The molecule has 5 rings (SSSR count). The Kier molecular flexibility index (Phi) is 13.2. The number of benzene rings is 5. The summed E-state index contributed by atoms with van der Waals surface area (Å²) in [5.41, 5.74) is 10.2. The number of carbonyl (C=O) groups excluding carboxylic acids is 1.